The summed E-state index contributed by atoms with van der Waals surface area (Å²) in [6.07, 6.45) is 6.89. The van der Waals surface area contributed by atoms with Crippen LogP contribution in [0.25, 0.3) is 0 Å². The highest BCUT2D eigenvalue weighted by Gasteiger charge is 2.28. The van der Waals surface area contributed by atoms with Crippen molar-refractivity contribution in [1.29, 1.82) is 0 Å². The molecular weight excluding hydrogens is 242 g/mol. The zero-order valence-electron chi connectivity index (χ0n) is 12.4. The summed E-state index contributed by atoms with van der Waals surface area (Å²) >= 11 is 0. The number of ether oxygens (including phenoxy) is 2. The van der Waals surface area contributed by atoms with Gasteiger partial charge in [0.15, 0.2) is 0 Å². The lowest BCUT2D eigenvalue weighted by molar-refractivity contribution is -0.0654. The van der Waals surface area contributed by atoms with Gasteiger partial charge in [-0.15, -0.1) is 0 Å². The van der Waals surface area contributed by atoms with Crippen molar-refractivity contribution in [2.75, 3.05) is 19.8 Å². The average molecular weight is 271 g/mol. The Kier molecular flexibility index (Phi) is 5.63. The number of nitrogens with one attached hydrogen (secondary N) is 1. The van der Waals surface area contributed by atoms with Crippen LogP contribution in [-0.4, -0.2) is 48.7 Å². The molecule has 19 heavy (non-hydrogen) atoms. The molecule has 2 unspecified atom stereocenters. The molecule has 0 spiro atoms. The molecule has 1 heterocycles. The van der Waals surface area contributed by atoms with Crippen LogP contribution in [0.5, 0.6) is 0 Å². The molecule has 0 aromatic rings. The van der Waals surface area contributed by atoms with Gasteiger partial charge >= 0.3 is 0 Å². The summed E-state index contributed by atoms with van der Waals surface area (Å²) in [4.78, 5) is 0. The second-order valence-electron chi connectivity index (χ2n) is 6.60. The van der Waals surface area contributed by atoms with Crippen LogP contribution >= 0.6 is 0 Å². The molecule has 2 aliphatic rings. The fraction of sp³-hybridized carbons (Fsp3) is 1.00. The normalized spacial score (nSPS) is 29.5. The van der Waals surface area contributed by atoms with E-state index in [4.69, 9.17) is 9.47 Å². The molecule has 0 radical (unpaired) electrons. The number of aliphatic hydroxyl groups excluding tert-OH is 1. The monoisotopic (exact) mass is 271 g/mol. The summed E-state index contributed by atoms with van der Waals surface area (Å²) in [6, 6.07) is 0.449. The Morgan fingerprint density at radius 1 is 1.32 bits per heavy atom. The molecule has 2 fully saturated rings. The van der Waals surface area contributed by atoms with Crippen molar-refractivity contribution in [2.45, 2.75) is 76.2 Å². The van der Waals surface area contributed by atoms with Gasteiger partial charge in [0.25, 0.3) is 0 Å². The van der Waals surface area contributed by atoms with Gasteiger partial charge in [-0.05, 0) is 39.5 Å². The second-order valence-corrected chi connectivity index (χ2v) is 6.60. The fourth-order valence-corrected chi connectivity index (χ4v) is 3.07. The van der Waals surface area contributed by atoms with Gasteiger partial charge in [0.05, 0.1) is 24.4 Å². The number of hydrogen-bond donors (Lipinski definition) is 2. The van der Waals surface area contributed by atoms with Crippen LogP contribution in [0.1, 0.15) is 52.4 Å². The summed E-state index contributed by atoms with van der Waals surface area (Å²) in [5.41, 5.74) is -0.0405. The Morgan fingerprint density at radius 3 is 2.74 bits per heavy atom. The molecule has 2 rings (SSSR count). The predicted molar refractivity (Wildman–Crippen MR) is 75.3 cm³/mol. The van der Waals surface area contributed by atoms with Gasteiger partial charge in [-0.1, -0.05) is 12.8 Å². The number of hydrogen-bond acceptors (Lipinski definition) is 4. The van der Waals surface area contributed by atoms with Crippen molar-refractivity contribution >= 4 is 0 Å². The van der Waals surface area contributed by atoms with E-state index in [1.807, 2.05) is 0 Å². The molecule has 0 aromatic carbocycles. The Hall–Kier alpha value is -0.160. The highest BCUT2D eigenvalue weighted by molar-refractivity contribution is 4.83. The van der Waals surface area contributed by atoms with E-state index >= 15 is 0 Å². The van der Waals surface area contributed by atoms with Gasteiger partial charge in [0.2, 0.25) is 0 Å². The lowest BCUT2D eigenvalue weighted by Crippen LogP contribution is -2.46. The Labute approximate surface area is 116 Å². The standard InChI is InChI=1S/C15H29NO3/c1-15(2)9-12(7-8-19-15)16-10-13(17)11-18-14-5-3-4-6-14/h12-14,16-17H,3-11H2,1-2H3. The molecule has 2 atom stereocenters. The largest absolute Gasteiger partial charge is 0.389 e. The van der Waals surface area contributed by atoms with Gasteiger partial charge in [-0.3, -0.25) is 0 Å². The predicted octanol–water partition coefficient (Wildman–Crippen LogP) is 1.85. The van der Waals surface area contributed by atoms with Crippen molar-refractivity contribution < 1.29 is 14.6 Å². The highest BCUT2D eigenvalue weighted by atomic mass is 16.5. The maximum absolute atomic E-state index is 9.95. The van der Waals surface area contributed by atoms with Gasteiger partial charge in [0.1, 0.15) is 0 Å². The van der Waals surface area contributed by atoms with Crippen LogP contribution in [0.3, 0.4) is 0 Å². The van der Waals surface area contributed by atoms with E-state index in [1.54, 1.807) is 0 Å². The maximum atomic E-state index is 9.95. The van der Waals surface area contributed by atoms with E-state index < -0.39 is 6.10 Å². The Morgan fingerprint density at radius 2 is 2.05 bits per heavy atom. The minimum absolute atomic E-state index is 0.0405. The van der Waals surface area contributed by atoms with E-state index in [9.17, 15) is 5.11 Å². The molecule has 2 N–H and O–H groups in total. The van der Waals surface area contributed by atoms with Crippen molar-refractivity contribution in [2.24, 2.45) is 0 Å². The zero-order chi connectivity index (χ0) is 13.7. The molecule has 1 saturated heterocycles. The SMILES string of the molecule is CC1(C)CC(NCC(O)COC2CCCC2)CCO1. The molecule has 1 aliphatic heterocycles. The van der Waals surface area contributed by atoms with Crippen LogP contribution in [0.15, 0.2) is 0 Å². The first-order chi connectivity index (χ1) is 9.05. The van der Waals surface area contributed by atoms with Crippen LogP contribution in [0, 0.1) is 0 Å². The third-order valence-electron chi connectivity index (χ3n) is 4.17. The minimum atomic E-state index is -0.397. The summed E-state index contributed by atoms with van der Waals surface area (Å²) in [7, 11) is 0. The average Bonchev–Trinajstić information content (AvgIpc) is 2.86. The van der Waals surface area contributed by atoms with E-state index in [1.165, 1.54) is 12.8 Å². The lowest BCUT2D eigenvalue weighted by Gasteiger charge is -2.36. The van der Waals surface area contributed by atoms with E-state index in [0.29, 0.717) is 25.3 Å². The Bertz CT molecular complexity index is 264. The van der Waals surface area contributed by atoms with E-state index in [-0.39, 0.29) is 5.60 Å². The second kappa shape index (κ2) is 7.02. The quantitative estimate of drug-likeness (QED) is 0.774. The summed E-state index contributed by atoms with van der Waals surface area (Å²) < 4.78 is 11.4. The van der Waals surface area contributed by atoms with Crippen LogP contribution in [-0.2, 0) is 9.47 Å². The summed E-state index contributed by atoms with van der Waals surface area (Å²) in [6.45, 7) is 6.14. The first-order valence-electron chi connectivity index (χ1n) is 7.72. The van der Waals surface area contributed by atoms with Crippen LogP contribution in [0.4, 0.5) is 0 Å². The van der Waals surface area contributed by atoms with Crippen molar-refractivity contribution in [3.63, 3.8) is 0 Å². The third kappa shape index (κ3) is 5.38. The smallest absolute Gasteiger partial charge is 0.0897 e. The molecule has 0 bridgehead atoms. The van der Waals surface area contributed by atoms with Gasteiger partial charge in [-0.2, -0.15) is 0 Å². The maximum Gasteiger partial charge on any atom is 0.0897 e. The molecule has 0 aromatic heterocycles. The molecule has 0 amide bonds. The minimum Gasteiger partial charge on any atom is -0.389 e. The molecular formula is C15H29NO3. The third-order valence-corrected chi connectivity index (χ3v) is 4.17. The van der Waals surface area contributed by atoms with Gasteiger partial charge < -0.3 is 19.9 Å². The van der Waals surface area contributed by atoms with Crippen molar-refractivity contribution in [3.8, 4) is 0 Å². The molecule has 1 saturated carbocycles. The topological polar surface area (TPSA) is 50.7 Å². The zero-order valence-corrected chi connectivity index (χ0v) is 12.4. The number of aliphatic hydroxyl groups is 1. The molecule has 112 valence electrons. The summed E-state index contributed by atoms with van der Waals surface area (Å²) in [5.74, 6) is 0. The van der Waals surface area contributed by atoms with Gasteiger partial charge in [0, 0.05) is 19.2 Å². The number of rotatable bonds is 6. The van der Waals surface area contributed by atoms with Gasteiger partial charge in [-0.25, -0.2) is 0 Å². The van der Waals surface area contributed by atoms with Crippen LogP contribution in [0.2, 0.25) is 0 Å². The summed E-state index contributed by atoms with van der Waals surface area (Å²) in [5, 5.41) is 13.4. The molecule has 4 nitrogen and oxygen atoms in total. The molecule has 4 heteroatoms. The molecule has 1 aliphatic carbocycles. The van der Waals surface area contributed by atoms with Crippen LogP contribution < -0.4 is 5.32 Å². The lowest BCUT2D eigenvalue weighted by atomic mass is 9.94. The van der Waals surface area contributed by atoms with Crippen molar-refractivity contribution in [3.05, 3.63) is 0 Å². The fourth-order valence-electron chi connectivity index (χ4n) is 3.07. The van der Waals surface area contributed by atoms with E-state index in [2.05, 4.69) is 19.2 Å². The first-order valence-corrected chi connectivity index (χ1v) is 7.72. The van der Waals surface area contributed by atoms with E-state index in [0.717, 1.165) is 32.3 Å². The first kappa shape index (κ1) is 15.2. The highest BCUT2D eigenvalue weighted by Crippen LogP contribution is 2.24. The Balaban J connectivity index is 1.58. The van der Waals surface area contributed by atoms with Crippen molar-refractivity contribution in [1.82, 2.24) is 5.32 Å².